The Bertz CT molecular complexity index is 1920. The number of allylic oxidation sites excluding steroid dienone is 1. The molecule has 1 aromatic heterocycles. The van der Waals surface area contributed by atoms with E-state index in [0.717, 1.165) is 61.9 Å². The van der Waals surface area contributed by atoms with Crippen molar-refractivity contribution >= 4 is 35.0 Å². The van der Waals surface area contributed by atoms with Gasteiger partial charge in [-0.15, -0.1) is 11.3 Å². The minimum Gasteiger partial charge on any atom is -0.481 e. The van der Waals surface area contributed by atoms with E-state index in [1.54, 1.807) is 5.38 Å². The van der Waals surface area contributed by atoms with Gasteiger partial charge in [-0.25, -0.2) is 4.98 Å². The average Bonchev–Trinajstić information content (AvgIpc) is 3.69. The molecule has 6 aliphatic carbocycles. The predicted octanol–water partition coefficient (Wildman–Crippen LogP) is 8.55. The van der Waals surface area contributed by atoms with Crippen LogP contribution in [0.5, 0.6) is 0 Å². The van der Waals surface area contributed by atoms with Gasteiger partial charge >= 0.3 is 11.9 Å². The molecule has 1 heterocycles. The molecule has 0 bridgehead atoms. The van der Waals surface area contributed by atoms with Crippen LogP contribution in [0.4, 0.5) is 0 Å². The van der Waals surface area contributed by atoms with E-state index in [-0.39, 0.29) is 57.3 Å². The maximum absolute atomic E-state index is 14.2. The normalized spacial score (nSPS) is 39.0. The molecule has 59 heavy (non-hydrogen) atoms. The molecule has 4 N–H and O–H groups in total. The van der Waals surface area contributed by atoms with Crippen molar-refractivity contribution < 1.29 is 34.1 Å². The number of carboxylic acid groups (broad SMARTS) is 1. The van der Waals surface area contributed by atoms with Gasteiger partial charge in [-0.05, 0) is 129 Å². The summed E-state index contributed by atoms with van der Waals surface area (Å²) in [5, 5.41) is 31.2. The quantitative estimate of drug-likeness (QED) is 0.161. The summed E-state index contributed by atoms with van der Waals surface area (Å²) in [6.07, 6.45) is 7.45. The lowest BCUT2D eigenvalue weighted by Gasteiger charge is -2.72. The summed E-state index contributed by atoms with van der Waals surface area (Å²) in [4.78, 5) is 56.9. The number of esters is 1. The number of fused-ring (bicyclic) bond motifs is 7. The molecular formula is C48H73N3O7S. The molecule has 5 fully saturated rings. The zero-order valence-electron chi connectivity index (χ0n) is 38.0. The van der Waals surface area contributed by atoms with Gasteiger partial charge < -0.3 is 25.6 Å². The molecular weight excluding hydrogens is 763 g/mol. The molecule has 1 amide bonds. The van der Waals surface area contributed by atoms with Crippen LogP contribution >= 0.6 is 11.3 Å². The number of aliphatic hydroxyl groups excluding tert-OH is 1. The van der Waals surface area contributed by atoms with Gasteiger partial charge in [0.2, 0.25) is 0 Å². The number of carbonyl (C=O) groups excluding carboxylic acids is 3. The number of nitrogens with zero attached hydrogens (tertiary/aromatic N) is 1. The van der Waals surface area contributed by atoms with Crippen molar-refractivity contribution in [2.24, 2.45) is 68.0 Å². The van der Waals surface area contributed by atoms with E-state index in [1.807, 2.05) is 34.6 Å². The number of ketones is 1. The topological polar surface area (TPSA) is 155 Å². The molecule has 0 unspecified atom stereocenters. The van der Waals surface area contributed by atoms with E-state index >= 15 is 0 Å². The van der Waals surface area contributed by atoms with Crippen LogP contribution in [-0.2, 0) is 19.1 Å². The van der Waals surface area contributed by atoms with Gasteiger partial charge in [0.1, 0.15) is 11.8 Å². The predicted molar refractivity (Wildman–Crippen MR) is 230 cm³/mol. The number of aliphatic hydroxyl groups is 1. The van der Waals surface area contributed by atoms with E-state index in [0.29, 0.717) is 43.5 Å². The van der Waals surface area contributed by atoms with E-state index in [4.69, 9.17) is 4.74 Å². The Morgan fingerprint density at radius 3 is 2.24 bits per heavy atom. The lowest BCUT2D eigenvalue weighted by atomic mass is 9.33. The van der Waals surface area contributed by atoms with Gasteiger partial charge in [-0.3, -0.25) is 19.2 Å². The summed E-state index contributed by atoms with van der Waals surface area (Å²) < 4.78 is 6.42. The molecule has 328 valence electrons. The van der Waals surface area contributed by atoms with Crippen molar-refractivity contribution in [2.75, 3.05) is 13.1 Å². The van der Waals surface area contributed by atoms with E-state index in [9.17, 15) is 29.4 Å². The maximum Gasteiger partial charge on any atom is 0.309 e. The molecule has 10 nitrogen and oxygen atoms in total. The molecule has 11 heteroatoms. The lowest BCUT2D eigenvalue weighted by Crippen LogP contribution is -2.66. The van der Waals surface area contributed by atoms with Gasteiger partial charge in [0.25, 0.3) is 5.91 Å². The van der Waals surface area contributed by atoms with E-state index < -0.39 is 40.3 Å². The van der Waals surface area contributed by atoms with E-state index in [1.165, 1.54) is 16.9 Å². The summed E-state index contributed by atoms with van der Waals surface area (Å²) in [5.74, 6) is -0.874. The number of amides is 1. The molecule has 0 spiro atoms. The Morgan fingerprint density at radius 2 is 1.63 bits per heavy atom. The highest BCUT2D eigenvalue weighted by Gasteiger charge is 2.71. The third-order valence-electron chi connectivity index (χ3n) is 18.4. The third kappa shape index (κ3) is 6.79. The number of ether oxygens (including phenoxy) is 1. The lowest BCUT2D eigenvalue weighted by molar-refractivity contribution is -0.238. The van der Waals surface area contributed by atoms with Crippen LogP contribution < -0.4 is 10.6 Å². The fraction of sp³-hybridized carbons (Fsp3) is 0.812. The summed E-state index contributed by atoms with van der Waals surface area (Å²) in [6.45, 7) is 26.9. The number of hydrogen-bond donors (Lipinski definition) is 4. The largest absolute Gasteiger partial charge is 0.481 e. The second kappa shape index (κ2) is 14.7. The summed E-state index contributed by atoms with van der Waals surface area (Å²) in [5.41, 5.74) is 0.614. The van der Waals surface area contributed by atoms with Crippen molar-refractivity contribution in [3.05, 3.63) is 27.2 Å². The molecule has 0 saturated heterocycles. The van der Waals surface area contributed by atoms with Crippen molar-refractivity contribution in [1.82, 2.24) is 15.6 Å². The van der Waals surface area contributed by atoms with Crippen LogP contribution in [0.3, 0.4) is 0 Å². The first-order valence-electron chi connectivity index (χ1n) is 22.6. The highest BCUT2D eigenvalue weighted by atomic mass is 32.1. The first-order chi connectivity index (χ1) is 27.3. The van der Waals surface area contributed by atoms with Crippen LogP contribution in [-0.4, -0.2) is 69.7 Å². The summed E-state index contributed by atoms with van der Waals surface area (Å²) in [7, 11) is 0. The molecule has 5 saturated carbocycles. The Hall–Kier alpha value is -2.63. The number of Topliss-reactive ketones (excluding diaryl/α,β-unsaturated/α-hetero) is 1. The number of thiazole rings is 1. The number of aromatic nitrogens is 1. The van der Waals surface area contributed by atoms with Crippen molar-refractivity contribution in [3.8, 4) is 0 Å². The fourth-order valence-corrected chi connectivity index (χ4v) is 15.4. The monoisotopic (exact) mass is 836 g/mol. The summed E-state index contributed by atoms with van der Waals surface area (Å²) in [6, 6.07) is 0. The minimum atomic E-state index is -0.837. The first-order valence-corrected chi connectivity index (χ1v) is 23.5. The van der Waals surface area contributed by atoms with Gasteiger partial charge in [0.15, 0.2) is 5.78 Å². The number of carbonyl (C=O) groups is 4. The number of aliphatic carboxylic acids is 1. The zero-order chi connectivity index (χ0) is 43.5. The first kappa shape index (κ1) is 44.4. The SMILES string of the molecule is Cc1nc(C(=O)NC(C)(C)CNC[C@H](O)[C@@]23CC[C@]4(C)[C@H](CC[C@@H]5[C@@]6(C)CC[C@H](OC(=O)[C@H]7C[C@@H](C(=O)O)C7(C)C)C(C)(C)[C@@H]6CC[C@]54C)C2=C(C(C)C)C(=O)C3)cs1. The Morgan fingerprint density at radius 1 is 0.932 bits per heavy atom. The van der Waals surface area contributed by atoms with Gasteiger partial charge in [0, 0.05) is 41.3 Å². The highest BCUT2D eigenvalue weighted by molar-refractivity contribution is 7.09. The van der Waals surface area contributed by atoms with Crippen molar-refractivity contribution in [2.45, 2.75) is 165 Å². The van der Waals surface area contributed by atoms with Gasteiger partial charge in [0.05, 0.1) is 22.9 Å². The van der Waals surface area contributed by atoms with Gasteiger partial charge in [-0.2, -0.15) is 0 Å². The van der Waals surface area contributed by atoms with Crippen LogP contribution in [0, 0.1) is 74.9 Å². The van der Waals surface area contributed by atoms with E-state index in [2.05, 4.69) is 64.1 Å². The molecule has 6 aliphatic rings. The summed E-state index contributed by atoms with van der Waals surface area (Å²) >= 11 is 1.45. The molecule has 1 aromatic rings. The van der Waals surface area contributed by atoms with Crippen molar-refractivity contribution in [1.29, 1.82) is 0 Å². The number of hydrogen-bond acceptors (Lipinski definition) is 9. The van der Waals surface area contributed by atoms with Crippen LogP contribution in [0.25, 0.3) is 0 Å². The standard InChI is InChI=1S/C48H73N3O7S/c1-26(2)37-32(52)22-48(35(53)23-49-25-42(4,5)51-39(54)31-24-59-27(3)50-31)20-19-46(11)28(38(37)48)13-14-34-45(10)17-16-36(44(8,9)33(45)15-18-47(34,46)12)58-41(57)30-21-29(40(55)56)43(30,6)7/h24,26,28-30,33-36,49,53H,13-23,25H2,1-12H3,(H,51,54)(H,55,56)/t28-,29+,30-,33+,34-,35+,36+,45+,46-,47-,48+/m1/s1. The molecule has 0 aliphatic heterocycles. The smallest absolute Gasteiger partial charge is 0.309 e. The Balaban J connectivity index is 1.09. The van der Waals surface area contributed by atoms with Crippen LogP contribution in [0.1, 0.15) is 156 Å². The second-order valence-electron chi connectivity index (χ2n) is 22.9. The highest BCUT2D eigenvalue weighted by Crippen LogP contribution is 2.77. The number of rotatable bonds is 11. The fourth-order valence-electron chi connectivity index (χ4n) is 14.8. The molecule has 11 atom stereocenters. The minimum absolute atomic E-state index is 0.0245. The number of aryl methyl sites for hydroxylation is 1. The third-order valence-corrected chi connectivity index (χ3v) is 19.2. The Labute approximate surface area is 356 Å². The second-order valence-corrected chi connectivity index (χ2v) is 23.9. The van der Waals surface area contributed by atoms with Crippen LogP contribution in [0.15, 0.2) is 16.5 Å². The van der Waals surface area contributed by atoms with Crippen LogP contribution in [0.2, 0.25) is 0 Å². The maximum atomic E-state index is 14.2. The molecule has 7 rings (SSSR count). The van der Waals surface area contributed by atoms with Crippen molar-refractivity contribution in [3.63, 3.8) is 0 Å². The van der Waals surface area contributed by atoms with Gasteiger partial charge in [-0.1, -0.05) is 67.9 Å². The molecule has 0 radical (unpaired) electrons. The Kier molecular flexibility index (Phi) is 11.1. The number of nitrogens with one attached hydrogen (secondary N) is 2. The molecule has 0 aromatic carbocycles. The zero-order valence-corrected chi connectivity index (χ0v) is 38.8. The number of carboxylic acids is 1. The average molecular weight is 836 g/mol.